The smallest absolute Gasteiger partial charge is 0.475 e. The van der Waals surface area contributed by atoms with Crippen LogP contribution in [0.3, 0.4) is 0 Å². The molecule has 11 nitrogen and oxygen atoms in total. The zero-order chi connectivity index (χ0) is 21.9. The average Bonchev–Trinajstić information content (AvgIpc) is 2.64. The van der Waals surface area contributed by atoms with E-state index in [4.69, 9.17) is 22.8 Å². The van der Waals surface area contributed by atoms with Gasteiger partial charge in [0.25, 0.3) is 0 Å². The quantitative estimate of drug-likeness (QED) is 0.314. The Labute approximate surface area is 169 Å². The van der Waals surface area contributed by atoms with Gasteiger partial charge in [0.2, 0.25) is 0 Å². The van der Waals surface area contributed by atoms with E-state index in [0.717, 1.165) is 0 Å². The van der Waals surface area contributed by atoms with Crippen LogP contribution in [-0.4, -0.2) is 55.1 Å². The first kappa shape index (κ1) is 25.7. The molecule has 2 atom stereocenters. The number of carbonyl (C=O) groups excluding carboxylic acids is 1. The van der Waals surface area contributed by atoms with Crippen LogP contribution in [0.15, 0.2) is 24.3 Å². The van der Waals surface area contributed by atoms with Crippen molar-refractivity contribution in [2.45, 2.75) is 26.9 Å². The minimum atomic E-state index is -4.39. The van der Waals surface area contributed by atoms with Crippen LogP contribution >= 0.6 is 15.6 Å². The summed E-state index contributed by atoms with van der Waals surface area (Å²) in [5, 5.41) is 9.71. The lowest BCUT2D eigenvalue weighted by molar-refractivity contribution is -0.00227. The average molecular weight is 456 g/mol. The molecule has 0 bridgehead atoms. The second-order valence-electron chi connectivity index (χ2n) is 5.31. The van der Waals surface area contributed by atoms with E-state index in [9.17, 15) is 23.9 Å². The maximum Gasteiger partial charge on any atom is 0.475 e. The van der Waals surface area contributed by atoms with Crippen LogP contribution in [0.1, 0.15) is 31.1 Å². The topological polar surface area (TPSA) is 147 Å². The lowest BCUT2D eigenvalue weighted by Crippen LogP contribution is -2.27. The molecule has 29 heavy (non-hydrogen) atoms. The zero-order valence-corrected chi connectivity index (χ0v) is 18.2. The van der Waals surface area contributed by atoms with E-state index in [2.05, 4.69) is 4.52 Å². The molecule has 0 aromatic heterocycles. The van der Waals surface area contributed by atoms with Gasteiger partial charge in [-0.2, -0.15) is 0 Å². The van der Waals surface area contributed by atoms with Crippen molar-refractivity contribution >= 4 is 21.6 Å². The molecular formula is C16H26O11P2. The highest BCUT2D eigenvalue weighted by molar-refractivity contribution is 7.48. The van der Waals surface area contributed by atoms with Gasteiger partial charge in [0.1, 0.15) is 24.0 Å². The van der Waals surface area contributed by atoms with Gasteiger partial charge in [0, 0.05) is 0 Å². The standard InChI is InChI=1S/C16H26O11P2/c1-4-23-28(19,20)26-12-13(27-29(21,24-5-2)25-6-3)11-22-16(18)14-9-7-8-10-15(14)17/h7-10,13,17H,4-6,11-12H2,1-3H3,(H,19,20). The van der Waals surface area contributed by atoms with Crippen molar-refractivity contribution in [1.82, 2.24) is 0 Å². The maximum absolute atomic E-state index is 12.6. The first-order valence-corrected chi connectivity index (χ1v) is 11.8. The molecule has 1 rings (SSSR count). The Hall–Kier alpha value is -1.29. The number of para-hydroxylation sites is 1. The van der Waals surface area contributed by atoms with Gasteiger partial charge in [-0.3, -0.25) is 22.6 Å². The number of phenolic OH excluding ortho intramolecular Hbond substituents is 1. The van der Waals surface area contributed by atoms with E-state index in [1.807, 2.05) is 0 Å². The molecule has 0 aliphatic heterocycles. The molecule has 0 saturated carbocycles. The Morgan fingerprint density at radius 3 is 2.10 bits per heavy atom. The molecule has 0 saturated heterocycles. The number of ether oxygens (including phenoxy) is 1. The Balaban J connectivity index is 2.88. The predicted octanol–water partition coefficient (Wildman–Crippen LogP) is 3.27. The maximum atomic E-state index is 12.6. The Bertz CT molecular complexity index is 729. The van der Waals surface area contributed by atoms with Crippen LogP contribution < -0.4 is 0 Å². The monoisotopic (exact) mass is 456 g/mol. The summed E-state index contributed by atoms with van der Waals surface area (Å²) >= 11 is 0. The van der Waals surface area contributed by atoms with E-state index < -0.39 is 40.9 Å². The number of phosphoric ester groups is 2. The number of hydrogen-bond acceptors (Lipinski definition) is 10. The summed E-state index contributed by atoms with van der Waals surface area (Å²) < 4.78 is 54.0. The molecule has 2 N–H and O–H groups in total. The van der Waals surface area contributed by atoms with Crippen LogP contribution in [-0.2, 0) is 36.5 Å². The minimum Gasteiger partial charge on any atom is -0.507 e. The number of carbonyl (C=O) groups is 1. The summed E-state index contributed by atoms with van der Waals surface area (Å²) in [5.74, 6) is -1.19. The summed E-state index contributed by atoms with van der Waals surface area (Å²) in [6.07, 6.45) is -1.30. The van der Waals surface area contributed by atoms with Crippen LogP contribution in [0, 0.1) is 0 Å². The van der Waals surface area contributed by atoms with Crippen molar-refractivity contribution in [3.8, 4) is 5.75 Å². The molecule has 1 aromatic carbocycles. The molecule has 1 aromatic rings. The fraction of sp³-hybridized carbons (Fsp3) is 0.562. The molecule has 0 heterocycles. The molecule has 0 aliphatic rings. The van der Waals surface area contributed by atoms with Gasteiger partial charge in [-0.15, -0.1) is 0 Å². The molecule has 0 spiro atoms. The number of esters is 1. The van der Waals surface area contributed by atoms with Crippen LogP contribution in [0.25, 0.3) is 0 Å². The van der Waals surface area contributed by atoms with Gasteiger partial charge >= 0.3 is 21.6 Å². The molecule has 13 heteroatoms. The highest BCUT2D eigenvalue weighted by Crippen LogP contribution is 2.51. The fourth-order valence-electron chi connectivity index (χ4n) is 1.98. The Kier molecular flexibility index (Phi) is 11.0. The van der Waals surface area contributed by atoms with Gasteiger partial charge in [-0.25, -0.2) is 13.9 Å². The van der Waals surface area contributed by atoms with Crippen molar-refractivity contribution in [3.05, 3.63) is 29.8 Å². The van der Waals surface area contributed by atoms with Crippen molar-refractivity contribution < 1.29 is 51.3 Å². The van der Waals surface area contributed by atoms with Crippen molar-refractivity contribution in [2.24, 2.45) is 0 Å². The number of benzene rings is 1. The number of hydrogen-bond donors (Lipinski definition) is 2. The molecule has 0 fully saturated rings. The molecule has 0 amide bonds. The fourth-order valence-corrected chi connectivity index (χ4v) is 4.05. The zero-order valence-electron chi connectivity index (χ0n) is 16.4. The first-order chi connectivity index (χ1) is 13.7. The van der Waals surface area contributed by atoms with Gasteiger partial charge < -0.3 is 14.7 Å². The molecule has 0 aliphatic carbocycles. The second kappa shape index (κ2) is 12.4. The van der Waals surface area contributed by atoms with E-state index in [-0.39, 0.29) is 31.1 Å². The number of aromatic hydroxyl groups is 1. The van der Waals surface area contributed by atoms with Crippen molar-refractivity contribution in [3.63, 3.8) is 0 Å². The minimum absolute atomic E-state index is 0.0000305. The van der Waals surface area contributed by atoms with Crippen LogP contribution in [0.4, 0.5) is 0 Å². The largest absolute Gasteiger partial charge is 0.507 e. The number of rotatable bonds is 14. The summed E-state index contributed by atoms with van der Waals surface area (Å²) in [6, 6.07) is 5.69. The van der Waals surface area contributed by atoms with E-state index in [0.29, 0.717) is 0 Å². The first-order valence-electron chi connectivity index (χ1n) is 8.80. The normalized spacial score (nSPS) is 14.9. The summed E-state index contributed by atoms with van der Waals surface area (Å²) in [7, 11) is -8.43. The lowest BCUT2D eigenvalue weighted by Gasteiger charge is -2.23. The third-order valence-corrected chi connectivity index (χ3v) is 5.86. The Morgan fingerprint density at radius 1 is 0.966 bits per heavy atom. The van der Waals surface area contributed by atoms with Gasteiger partial charge in [0.15, 0.2) is 0 Å². The Morgan fingerprint density at radius 2 is 1.55 bits per heavy atom. The summed E-state index contributed by atoms with van der Waals surface area (Å²) in [4.78, 5) is 21.7. The number of phenols is 1. The van der Waals surface area contributed by atoms with Crippen LogP contribution in [0.2, 0.25) is 0 Å². The summed E-state index contributed by atoms with van der Waals surface area (Å²) in [5.41, 5.74) is -0.105. The SMILES string of the molecule is CCOP(=O)(O)OCC(COC(=O)c1ccccc1O)OP(=O)(OCC)OCC. The van der Waals surface area contributed by atoms with E-state index in [1.165, 1.54) is 31.2 Å². The predicted molar refractivity (Wildman–Crippen MR) is 102 cm³/mol. The highest BCUT2D eigenvalue weighted by atomic mass is 31.2. The lowest BCUT2D eigenvalue weighted by atomic mass is 10.2. The van der Waals surface area contributed by atoms with E-state index in [1.54, 1.807) is 13.8 Å². The van der Waals surface area contributed by atoms with Crippen LogP contribution in [0.5, 0.6) is 5.75 Å². The summed E-state index contributed by atoms with van der Waals surface area (Å²) in [6.45, 7) is 3.38. The second-order valence-corrected chi connectivity index (χ2v) is 8.38. The van der Waals surface area contributed by atoms with Gasteiger partial charge in [0.05, 0.1) is 26.4 Å². The molecule has 2 unspecified atom stereocenters. The van der Waals surface area contributed by atoms with E-state index >= 15 is 0 Å². The van der Waals surface area contributed by atoms with Gasteiger partial charge in [-0.1, -0.05) is 12.1 Å². The van der Waals surface area contributed by atoms with Crippen molar-refractivity contribution in [1.29, 1.82) is 0 Å². The van der Waals surface area contributed by atoms with Crippen molar-refractivity contribution in [2.75, 3.05) is 33.0 Å². The molecule has 0 radical (unpaired) electrons. The molecular weight excluding hydrogens is 430 g/mol. The van der Waals surface area contributed by atoms with Gasteiger partial charge in [-0.05, 0) is 32.9 Å². The third kappa shape index (κ3) is 9.37. The third-order valence-electron chi connectivity index (χ3n) is 3.09. The molecule has 166 valence electrons. The number of phosphoric acid groups is 2. The highest BCUT2D eigenvalue weighted by Gasteiger charge is 2.33.